The summed E-state index contributed by atoms with van der Waals surface area (Å²) in [5.74, 6) is -0.543. The summed E-state index contributed by atoms with van der Waals surface area (Å²) >= 11 is 0. The van der Waals surface area contributed by atoms with Crippen molar-refractivity contribution in [3.05, 3.63) is 83.4 Å². The van der Waals surface area contributed by atoms with Gasteiger partial charge < -0.3 is 35.8 Å². The van der Waals surface area contributed by atoms with E-state index in [0.29, 0.717) is 79.6 Å². The monoisotopic (exact) mass is 643 g/mol. The Morgan fingerprint density at radius 3 is 2.43 bits per heavy atom. The molecule has 0 unspecified atom stereocenters. The lowest BCUT2D eigenvalue weighted by molar-refractivity contribution is -0.122. The molecule has 3 aromatic carbocycles. The third-order valence-corrected chi connectivity index (χ3v) is 8.91. The predicted molar refractivity (Wildman–Crippen MR) is 181 cm³/mol. The number of hydrogen-bond acceptors (Lipinski definition) is 8. The third-order valence-electron chi connectivity index (χ3n) is 8.91. The van der Waals surface area contributed by atoms with Gasteiger partial charge in [-0.15, -0.1) is 0 Å². The Labute approximate surface area is 276 Å². The molecular weight excluding hydrogens is 598 g/mol. The summed E-state index contributed by atoms with van der Waals surface area (Å²) in [4.78, 5) is 43.6. The average Bonchev–Trinajstić information content (AvgIpc) is 3.08. The van der Waals surface area contributed by atoms with Gasteiger partial charge in [-0.1, -0.05) is 37.3 Å². The molecule has 1 saturated heterocycles. The number of carbonyl (C=O) groups excluding carboxylic acids is 3. The van der Waals surface area contributed by atoms with Crippen LogP contribution in [0.5, 0.6) is 5.75 Å². The highest BCUT2D eigenvalue weighted by molar-refractivity contribution is 6.05. The second-order valence-electron chi connectivity index (χ2n) is 12.6. The SMILES string of the molecule is C[C@@H]1CN([C@H](C)CO)C(=O)c2cccc(NC(=O)C3CCOCC3)c2O[C@@H]1CN(C)Cc1ccc(C(=O)Nc2ccccc2N)cc1. The van der Waals surface area contributed by atoms with E-state index in [0.717, 1.165) is 5.56 Å². The highest BCUT2D eigenvalue weighted by atomic mass is 16.5. The number of nitrogens with two attached hydrogens (primary N) is 1. The smallest absolute Gasteiger partial charge is 0.258 e. The van der Waals surface area contributed by atoms with Crippen LogP contribution in [0.15, 0.2) is 66.7 Å². The molecule has 2 heterocycles. The van der Waals surface area contributed by atoms with E-state index in [-0.39, 0.29) is 42.3 Å². The number of amides is 3. The number of nitrogen functional groups attached to an aromatic ring is 1. The molecule has 47 heavy (non-hydrogen) atoms. The van der Waals surface area contributed by atoms with Gasteiger partial charge in [0.05, 0.1) is 35.3 Å². The van der Waals surface area contributed by atoms with E-state index in [2.05, 4.69) is 15.5 Å². The van der Waals surface area contributed by atoms with Crippen LogP contribution >= 0.6 is 0 Å². The minimum atomic E-state index is -0.399. The summed E-state index contributed by atoms with van der Waals surface area (Å²) in [7, 11) is 1.99. The fourth-order valence-corrected chi connectivity index (χ4v) is 6.00. The number of nitrogens with zero attached hydrogens (tertiary/aromatic N) is 2. The normalized spacial score (nSPS) is 19.3. The van der Waals surface area contributed by atoms with Crippen LogP contribution in [-0.4, -0.2) is 84.7 Å². The molecule has 3 aromatic rings. The Bertz CT molecular complexity index is 1560. The van der Waals surface area contributed by atoms with E-state index in [4.69, 9.17) is 15.2 Å². The highest BCUT2D eigenvalue weighted by Crippen LogP contribution is 2.35. The number of para-hydroxylation sites is 3. The van der Waals surface area contributed by atoms with Crippen LogP contribution in [0.2, 0.25) is 0 Å². The summed E-state index contributed by atoms with van der Waals surface area (Å²) in [5.41, 5.74) is 9.37. The minimum Gasteiger partial charge on any atom is -0.486 e. The molecule has 3 amide bonds. The lowest BCUT2D eigenvalue weighted by Crippen LogP contribution is -2.49. The average molecular weight is 644 g/mol. The molecular formula is C36H45N5O6. The first-order valence-electron chi connectivity index (χ1n) is 16.2. The molecule has 0 spiro atoms. The van der Waals surface area contributed by atoms with Gasteiger partial charge in [0.1, 0.15) is 6.10 Å². The number of carbonyl (C=O) groups is 3. The molecule has 11 nitrogen and oxygen atoms in total. The van der Waals surface area contributed by atoms with Gasteiger partial charge in [0.15, 0.2) is 5.75 Å². The van der Waals surface area contributed by atoms with E-state index in [1.807, 2.05) is 45.2 Å². The van der Waals surface area contributed by atoms with Gasteiger partial charge in [-0.05, 0) is 68.8 Å². The molecule has 5 N–H and O–H groups in total. The van der Waals surface area contributed by atoms with Gasteiger partial charge in [0.25, 0.3) is 11.8 Å². The topological polar surface area (TPSA) is 146 Å². The molecule has 0 bridgehead atoms. The van der Waals surface area contributed by atoms with Crippen molar-refractivity contribution in [1.82, 2.24) is 9.80 Å². The zero-order valence-electron chi connectivity index (χ0n) is 27.3. The summed E-state index contributed by atoms with van der Waals surface area (Å²) in [6, 6.07) is 19.4. The molecule has 1 fully saturated rings. The molecule has 2 aliphatic rings. The summed E-state index contributed by atoms with van der Waals surface area (Å²) < 4.78 is 12.1. The molecule has 11 heteroatoms. The van der Waals surface area contributed by atoms with Crippen LogP contribution in [0, 0.1) is 11.8 Å². The van der Waals surface area contributed by atoms with Gasteiger partial charge >= 0.3 is 0 Å². The number of ether oxygens (including phenoxy) is 2. The van der Waals surface area contributed by atoms with Gasteiger partial charge in [-0.25, -0.2) is 0 Å². The van der Waals surface area contributed by atoms with E-state index < -0.39 is 6.04 Å². The Morgan fingerprint density at radius 2 is 1.72 bits per heavy atom. The van der Waals surface area contributed by atoms with Gasteiger partial charge in [0.2, 0.25) is 5.91 Å². The first kappa shape index (κ1) is 33.9. The van der Waals surface area contributed by atoms with E-state index in [9.17, 15) is 19.5 Å². The Balaban J connectivity index is 1.32. The number of hydrogen-bond donors (Lipinski definition) is 4. The number of anilines is 3. The number of rotatable bonds is 10. The Hall–Kier alpha value is -4.45. The Kier molecular flexibility index (Phi) is 11.1. The maximum Gasteiger partial charge on any atom is 0.258 e. The number of benzene rings is 3. The molecule has 0 radical (unpaired) electrons. The largest absolute Gasteiger partial charge is 0.486 e. The first-order valence-corrected chi connectivity index (χ1v) is 16.2. The maximum absolute atomic E-state index is 13.8. The first-order chi connectivity index (χ1) is 22.6. The zero-order valence-corrected chi connectivity index (χ0v) is 27.3. The lowest BCUT2D eigenvalue weighted by atomic mass is 9.98. The fraction of sp³-hybridized carbons (Fsp3) is 0.417. The van der Waals surface area contributed by atoms with E-state index in [1.165, 1.54) is 0 Å². The van der Waals surface area contributed by atoms with Crippen LogP contribution in [0.4, 0.5) is 17.1 Å². The second-order valence-corrected chi connectivity index (χ2v) is 12.6. The van der Waals surface area contributed by atoms with Crippen molar-refractivity contribution in [1.29, 1.82) is 0 Å². The predicted octanol–water partition coefficient (Wildman–Crippen LogP) is 4.24. The van der Waals surface area contributed by atoms with Crippen molar-refractivity contribution in [2.24, 2.45) is 11.8 Å². The molecule has 0 aromatic heterocycles. The summed E-state index contributed by atoms with van der Waals surface area (Å²) in [6.07, 6.45) is 0.934. The molecule has 5 rings (SSSR count). The third kappa shape index (κ3) is 8.29. The number of aliphatic hydroxyl groups is 1. The van der Waals surface area contributed by atoms with Gasteiger partial charge in [-0.2, -0.15) is 0 Å². The van der Waals surface area contributed by atoms with E-state index >= 15 is 0 Å². The molecule has 3 atom stereocenters. The van der Waals surface area contributed by atoms with Crippen LogP contribution in [0.1, 0.15) is 53.0 Å². The summed E-state index contributed by atoms with van der Waals surface area (Å²) in [5, 5.41) is 15.9. The minimum absolute atomic E-state index is 0.0979. The number of likely N-dealkylation sites (N-methyl/N-ethyl adjacent to an activating group) is 1. The zero-order chi connectivity index (χ0) is 33.5. The number of nitrogens with one attached hydrogen (secondary N) is 2. The van der Waals surface area contributed by atoms with Crippen LogP contribution in [0.3, 0.4) is 0 Å². The second kappa shape index (κ2) is 15.4. The van der Waals surface area contributed by atoms with Gasteiger partial charge in [-0.3, -0.25) is 19.3 Å². The van der Waals surface area contributed by atoms with E-state index in [1.54, 1.807) is 47.4 Å². The summed E-state index contributed by atoms with van der Waals surface area (Å²) in [6.45, 7) is 6.27. The lowest BCUT2D eigenvalue weighted by Gasteiger charge is -2.38. The van der Waals surface area contributed by atoms with Crippen molar-refractivity contribution in [3.8, 4) is 5.75 Å². The molecule has 0 saturated carbocycles. The van der Waals surface area contributed by atoms with Crippen molar-refractivity contribution in [2.75, 3.05) is 56.3 Å². The molecule has 0 aliphatic carbocycles. The van der Waals surface area contributed by atoms with Gasteiger partial charge in [0, 0.05) is 50.2 Å². The molecule has 2 aliphatic heterocycles. The van der Waals surface area contributed by atoms with Crippen molar-refractivity contribution in [2.45, 2.75) is 45.4 Å². The number of fused-ring (bicyclic) bond motifs is 1. The van der Waals surface area contributed by atoms with Crippen LogP contribution in [-0.2, 0) is 16.1 Å². The standard InChI is InChI=1S/C36H45N5O6/c1-23-19-41(24(2)22-42)36(45)28-7-6-10-31(39-35(44)27-15-17-46-18-16-27)33(28)47-32(23)21-40(3)20-25-11-13-26(14-12-25)34(43)38-30-9-5-4-8-29(30)37/h4-14,23-24,27,32,42H,15-22,37H2,1-3H3,(H,38,43)(H,39,44)/t23-,24-,32-/m1/s1. The van der Waals surface area contributed by atoms with Crippen molar-refractivity contribution in [3.63, 3.8) is 0 Å². The molecule has 250 valence electrons. The quantitative estimate of drug-likeness (QED) is 0.240. The van der Waals surface area contributed by atoms with Crippen molar-refractivity contribution >= 4 is 34.8 Å². The fourth-order valence-electron chi connectivity index (χ4n) is 6.00. The van der Waals surface area contributed by atoms with Crippen LogP contribution < -0.4 is 21.1 Å². The highest BCUT2D eigenvalue weighted by Gasteiger charge is 2.35. The van der Waals surface area contributed by atoms with Crippen molar-refractivity contribution < 1.29 is 29.0 Å². The Morgan fingerprint density at radius 1 is 1.02 bits per heavy atom. The van der Waals surface area contributed by atoms with Crippen LogP contribution in [0.25, 0.3) is 0 Å². The number of aliphatic hydroxyl groups excluding tert-OH is 1. The maximum atomic E-state index is 13.8.